The third-order valence-electron chi connectivity index (χ3n) is 3.62. The molecule has 1 heterocycles. The fourth-order valence-electron chi connectivity index (χ4n) is 2.60. The van der Waals surface area contributed by atoms with Crippen LogP contribution in [0.15, 0.2) is 47.6 Å². The summed E-state index contributed by atoms with van der Waals surface area (Å²) in [7, 11) is 0. The van der Waals surface area contributed by atoms with Gasteiger partial charge in [0.15, 0.2) is 0 Å². The Morgan fingerprint density at radius 1 is 1.16 bits per heavy atom. The number of nitrogens with zero attached hydrogens (tertiary/aromatic N) is 3. The van der Waals surface area contributed by atoms with Gasteiger partial charge in [-0.2, -0.15) is 0 Å². The Morgan fingerprint density at radius 2 is 2.00 bits per heavy atom. The van der Waals surface area contributed by atoms with Gasteiger partial charge >= 0.3 is 0 Å². The summed E-state index contributed by atoms with van der Waals surface area (Å²) < 4.78 is 5.81. The van der Waals surface area contributed by atoms with Crippen LogP contribution in [-0.4, -0.2) is 12.6 Å². The van der Waals surface area contributed by atoms with E-state index in [4.69, 9.17) is 10.3 Å². The standard InChI is InChI=1S/C15H15N3O/c16-18-17-14-7-8-19-15(10-14)13-6-5-11-3-1-2-4-12(11)9-13/h1-6,9,14-15H,7-8,10H2/t14-,15+/m0/s1. The summed E-state index contributed by atoms with van der Waals surface area (Å²) in [6.45, 7) is 0.654. The summed E-state index contributed by atoms with van der Waals surface area (Å²) in [5.41, 5.74) is 9.70. The number of hydrogen-bond donors (Lipinski definition) is 0. The molecule has 4 heteroatoms. The van der Waals surface area contributed by atoms with Crippen molar-refractivity contribution in [2.24, 2.45) is 5.11 Å². The minimum atomic E-state index is 0.0360. The van der Waals surface area contributed by atoms with E-state index in [0.717, 1.165) is 18.4 Å². The summed E-state index contributed by atoms with van der Waals surface area (Å²) in [6.07, 6.45) is 1.62. The molecule has 0 aliphatic carbocycles. The van der Waals surface area contributed by atoms with Crippen LogP contribution >= 0.6 is 0 Å². The first-order valence-corrected chi connectivity index (χ1v) is 6.51. The molecule has 0 N–H and O–H groups in total. The van der Waals surface area contributed by atoms with Crippen LogP contribution in [0.3, 0.4) is 0 Å². The van der Waals surface area contributed by atoms with Gasteiger partial charge in [0.1, 0.15) is 0 Å². The lowest BCUT2D eigenvalue weighted by molar-refractivity contribution is 0.00683. The molecule has 0 spiro atoms. The Morgan fingerprint density at radius 3 is 2.84 bits per heavy atom. The molecule has 0 unspecified atom stereocenters. The number of azide groups is 1. The van der Waals surface area contributed by atoms with Crippen molar-refractivity contribution in [3.8, 4) is 0 Å². The molecule has 2 aromatic carbocycles. The maximum absolute atomic E-state index is 8.53. The first kappa shape index (κ1) is 12.0. The van der Waals surface area contributed by atoms with E-state index in [0.29, 0.717) is 6.61 Å². The molecule has 2 atom stereocenters. The van der Waals surface area contributed by atoms with Crippen LogP contribution in [0.2, 0.25) is 0 Å². The van der Waals surface area contributed by atoms with E-state index >= 15 is 0 Å². The highest BCUT2D eigenvalue weighted by molar-refractivity contribution is 5.83. The average molecular weight is 253 g/mol. The molecule has 1 fully saturated rings. The largest absolute Gasteiger partial charge is 0.374 e. The number of hydrogen-bond acceptors (Lipinski definition) is 2. The third-order valence-corrected chi connectivity index (χ3v) is 3.62. The first-order chi connectivity index (χ1) is 9.36. The molecule has 0 amide bonds. The lowest BCUT2D eigenvalue weighted by atomic mass is 9.96. The van der Waals surface area contributed by atoms with Gasteiger partial charge in [0.05, 0.1) is 6.10 Å². The van der Waals surface area contributed by atoms with Gasteiger partial charge in [0, 0.05) is 17.6 Å². The van der Waals surface area contributed by atoms with Crippen molar-refractivity contribution in [1.82, 2.24) is 0 Å². The molecular weight excluding hydrogens is 238 g/mol. The van der Waals surface area contributed by atoms with E-state index in [1.165, 1.54) is 10.8 Å². The number of fused-ring (bicyclic) bond motifs is 1. The van der Waals surface area contributed by atoms with E-state index in [-0.39, 0.29) is 12.1 Å². The topological polar surface area (TPSA) is 58.0 Å². The van der Waals surface area contributed by atoms with Crippen LogP contribution in [0.25, 0.3) is 21.2 Å². The van der Waals surface area contributed by atoms with Gasteiger partial charge < -0.3 is 4.74 Å². The first-order valence-electron chi connectivity index (χ1n) is 6.51. The van der Waals surface area contributed by atoms with Crippen molar-refractivity contribution < 1.29 is 4.74 Å². The minimum absolute atomic E-state index is 0.0360. The molecule has 2 aromatic rings. The zero-order chi connectivity index (χ0) is 13.1. The number of ether oxygens (including phenoxy) is 1. The molecule has 19 heavy (non-hydrogen) atoms. The number of rotatable bonds is 2. The van der Waals surface area contributed by atoms with Crippen LogP contribution in [0.4, 0.5) is 0 Å². The lowest BCUT2D eigenvalue weighted by Gasteiger charge is -2.27. The van der Waals surface area contributed by atoms with Crippen molar-refractivity contribution >= 4 is 10.8 Å². The van der Waals surface area contributed by atoms with E-state index < -0.39 is 0 Å². The molecule has 1 saturated heterocycles. The fourth-order valence-corrected chi connectivity index (χ4v) is 2.60. The molecule has 0 bridgehead atoms. The average Bonchev–Trinajstić information content (AvgIpc) is 2.47. The summed E-state index contributed by atoms with van der Waals surface area (Å²) in [6, 6.07) is 14.7. The molecule has 96 valence electrons. The van der Waals surface area contributed by atoms with Crippen molar-refractivity contribution in [3.63, 3.8) is 0 Å². The van der Waals surface area contributed by atoms with Crippen LogP contribution in [0.5, 0.6) is 0 Å². The van der Waals surface area contributed by atoms with Gasteiger partial charge in [-0.05, 0) is 40.8 Å². The fraction of sp³-hybridized carbons (Fsp3) is 0.333. The quantitative estimate of drug-likeness (QED) is 0.445. The maximum Gasteiger partial charge on any atom is 0.0829 e. The van der Waals surface area contributed by atoms with E-state index in [9.17, 15) is 0 Å². The highest BCUT2D eigenvalue weighted by atomic mass is 16.5. The molecular formula is C15H15N3O. The normalized spacial score (nSPS) is 22.9. The predicted octanol–water partition coefficient (Wildman–Crippen LogP) is 4.37. The predicted molar refractivity (Wildman–Crippen MR) is 74.8 cm³/mol. The number of benzene rings is 2. The molecule has 0 radical (unpaired) electrons. The summed E-state index contributed by atoms with van der Waals surface area (Å²) in [5, 5.41) is 6.27. The monoisotopic (exact) mass is 253 g/mol. The van der Waals surface area contributed by atoms with E-state index in [1.807, 2.05) is 12.1 Å². The SMILES string of the molecule is [N-]=[N+]=N[C@H]1CCO[C@@H](c2ccc3ccccc3c2)C1. The molecule has 1 aliphatic heterocycles. The van der Waals surface area contributed by atoms with E-state index in [2.05, 4.69) is 40.4 Å². The van der Waals surface area contributed by atoms with Crippen LogP contribution in [0, 0.1) is 0 Å². The highest BCUT2D eigenvalue weighted by Crippen LogP contribution is 2.31. The summed E-state index contributed by atoms with van der Waals surface area (Å²) in [5.74, 6) is 0. The Hall–Kier alpha value is -2.03. The molecule has 4 nitrogen and oxygen atoms in total. The van der Waals surface area contributed by atoms with Crippen molar-refractivity contribution in [3.05, 3.63) is 58.5 Å². The Kier molecular flexibility index (Phi) is 3.36. The second kappa shape index (κ2) is 5.31. The third kappa shape index (κ3) is 2.55. The lowest BCUT2D eigenvalue weighted by Crippen LogP contribution is -2.22. The second-order valence-corrected chi connectivity index (χ2v) is 4.85. The van der Waals surface area contributed by atoms with Gasteiger partial charge in [0.25, 0.3) is 0 Å². The molecule has 0 saturated carbocycles. The van der Waals surface area contributed by atoms with Crippen LogP contribution in [-0.2, 0) is 4.74 Å². The zero-order valence-electron chi connectivity index (χ0n) is 10.6. The van der Waals surface area contributed by atoms with Crippen LogP contribution in [0.1, 0.15) is 24.5 Å². The minimum Gasteiger partial charge on any atom is -0.374 e. The maximum atomic E-state index is 8.53. The van der Waals surface area contributed by atoms with Gasteiger partial charge in [-0.15, -0.1) is 0 Å². The van der Waals surface area contributed by atoms with Crippen molar-refractivity contribution in [1.29, 1.82) is 0 Å². The summed E-state index contributed by atoms with van der Waals surface area (Å²) >= 11 is 0. The molecule has 0 aromatic heterocycles. The van der Waals surface area contributed by atoms with Crippen LogP contribution < -0.4 is 0 Å². The van der Waals surface area contributed by atoms with Gasteiger partial charge in [-0.1, -0.05) is 41.5 Å². The summed E-state index contributed by atoms with van der Waals surface area (Å²) in [4.78, 5) is 2.91. The van der Waals surface area contributed by atoms with Crippen molar-refractivity contribution in [2.45, 2.75) is 25.0 Å². The zero-order valence-corrected chi connectivity index (χ0v) is 10.6. The smallest absolute Gasteiger partial charge is 0.0829 e. The van der Waals surface area contributed by atoms with Gasteiger partial charge in [-0.25, -0.2) is 0 Å². The molecule has 1 aliphatic rings. The van der Waals surface area contributed by atoms with E-state index in [1.54, 1.807) is 0 Å². The van der Waals surface area contributed by atoms with Crippen molar-refractivity contribution in [2.75, 3.05) is 6.61 Å². The van der Waals surface area contributed by atoms with Gasteiger partial charge in [-0.3, -0.25) is 0 Å². The Labute approximate surface area is 111 Å². The van der Waals surface area contributed by atoms with Gasteiger partial charge in [0.2, 0.25) is 0 Å². The Balaban J connectivity index is 1.88. The highest BCUT2D eigenvalue weighted by Gasteiger charge is 2.23. The Bertz CT molecular complexity index is 634. The molecule has 3 rings (SSSR count). The second-order valence-electron chi connectivity index (χ2n) is 4.85.